The summed E-state index contributed by atoms with van der Waals surface area (Å²) in [7, 11) is 0. The fraction of sp³-hybridized carbons (Fsp3) is 0.0667. The molecule has 25 heavy (non-hydrogen) atoms. The van der Waals surface area contributed by atoms with Crippen LogP contribution in [0.3, 0.4) is 0 Å². The number of hydrogen-bond donors (Lipinski definition) is 2. The van der Waals surface area contributed by atoms with E-state index in [9.17, 15) is 18.0 Å². The van der Waals surface area contributed by atoms with E-state index >= 15 is 0 Å². The summed E-state index contributed by atoms with van der Waals surface area (Å²) in [4.78, 5) is 14.7. The van der Waals surface area contributed by atoms with E-state index in [0.29, 0.717) is 22.1 Å². The van der Waals surface area contributed by atoms with Gasteiger partial charge in [-0.3, -0.25) is 4.79 Å². The monoisotopic (exact) mass is 346 g/mol. The number of anilines is 1. The SMILES string of the molecule is N#Cc1c[nH]c(C(=O)Nc2ccc(-n3nncc3C(F)(F)F)cc2)c1. The van der Waals surface area contributed by atoms with Gasteiger partial charge in [0.2, 0.25) is 0 Å². The highest BCUT2D eigenvalue weighted by Crippen LogP contribution is 2.30. The van der Waals surface area contributed by atoms with E-state index in [-0.39, 0.29) is 11.4 Å². The summed E-state index contributed by atoms with van der Waals surface area (Å²) in [5, 5.41) is 18.0. The summed E-state index contributed by atoms with van der Waals surface area (Å²) in [6.45, 7) is 0. The molecule has 0 fully saturated rings. The first kappa shape index (κ1) is 16.3. The van der Waals surface area contributed by atoms with Gasteiger partial charge < -0.3 is 10.3 Å². The molecule has 7 nitrogen and oxygen atoms in total. The number of rotatable bonds is 3. The lowest BCUT2D eigenvalue weighted by atomic mass is 10.2. The average molecular weight is 346 g/mol. The number of alkyl halides is 3. The van der Waals surface area contributed by atoms with E-state index in [4.69, 9.17) is 5.26 Å². The summed E-state index contributed by atoms with van der Waals surface area (Å²) >= 11 is 0. The van der Waals surface area contributed by atoms with Crippen molar-refractivity contribution in [2.24, 2.45) is 0 Å². The minimum absolute atomic E-state index is 0.148. The zero-order chi connectivity index (χ0) is 18.0. The lowest BCUT2D eigenvalue weighted by molar-refractivity contribution is -0.142. The number of aromatic nitrogens is 4. The highest BCUT2D eigenvalue weighted by Gasteiger charge is 2.36. The van der Waals surface area contributed by atoms with Crippen LogP contribution in [0.2, 0.25) is 0 Å². The summed E-state index contributed by atoms with van der Waals surface area (Å²) in [6.07, 6.45) is -2.56. The first-order chi connectivity index (χ1) is 11.9. The Morgan fingerprint density at radius 1 is 1.28 bits per heavy atom. The van der Waals surface area contributed by atoms with Crippen LogP contribution in [-0.2, 0) is 6.18 Å². The summed E-state index contributed by atoms with van der Waals surface area (Å²) < 4.78 is 39.2. The van der Waals surface area contributed by atoms with Gasteiger partial charge in [-0.05, 0) is 30.3 Å². The van der Waals surface area contributed by atoms with Crippen molar-refractivity contribution in [1.29, 1.82) is 5.26 Å². The quantitative estimate of drug-likeness (QED) is 0.762. The van der Waals surface area contributed by atoms with Gasteiger partial charge in [0.25, 0.3) is 5.91 Å². The number of nitrogens with one attached hydrogen (secondary N) is 2. The van der Waals surface area contributed by atoms with Crippen molar-refractivity contribution in [2.45, 2.75) is 6.18 Å². The van der Waals surface area contributed by atoms with Crippen molar-refractivity contribution >= 4 is 11.6 Å². The topological polar surface area (TPSA) is 99.4 Å². The Balaban J connectivity index is 1.78. The molecule has 3 rings (SSSR count). The molecule has 0 radical (unpaired) electrons. The largest absolute Gasteiger partial charge is 0.435 e. The zero-order valence-electron chi connectivity index (χ0n) is 12.4. The second-order valence-corrected chi connectivity index (χ2v) is 4.94. The number of benzene rings is 1. The van der Waals surface area contributed by atoms with E-state index in [1.165, 1.54) is 36.5 Å². The van der Waals surface area contributed by atoms with Crippen LogP contribution in [0.4, 0.5) is 18.9 Å². The second kappa shape index (κ2) is 6.12. The van der Waals surface area contributed by atoms with Gasteiger partial charge in [-0.1, -0.05) is 5.21 Å². The number of hydrogen-bond acceptors (Lipinski definition) is 4. The summed E-state index contributed by atoms with van der Waals surface area (Å²) in [6, 6.07) is 8.88. The number of amides is 1. The van der Waals surface area contributed by atoms with Crippen LogP contribution in [0.15, 0.2) is 42.7 Å². The van der Waals surface area contributed by atoms with E-state index in [1.54, 1.807) is 0 Å². The van der Waals surface area contributed by atoms with Gasteiger partial charge in [-0.25, -0.2) is 4.68 Å². The Hall–Kier alpha value is -3.61. The van der Waals surface area contributed by atoms with Crippen LogP contribution in [0.25, 0.3) is 5.69 Å². The number of H-pyrrole nitrogens is 1. The first-order valence-electron chi connectivity index (χ1n) is 6.86. The van der Waals surface area contributed by atoms with Crippen LogP contribution in [-0.4, -0.2) is 25.9 Å². The molecular weight excluding hydrogens is 337 g/mol. The molecule has 2 aromatic heterocycles. The van der Waals surface area contributed by atoms with E-state index in [0.717, 1.165) is 0 Å². The number of carbonyl (C=O) groups is 1. The predicted molar refractivity (Wildman–Crippen MR) is 79.8 cm³/mol. The van der Waals surface area contributed by atoms with Gasteiger partial charge in [0, 0.05) is 11.9 Å². The van der Waals surface area contributed by atoms with Crippen LogP contribution in [0.5, 0.6) is 0 Å². The summed E-state index contributed by atoms with van der Waals surface area (Å²) in [5.74, 6) is -0.481. The van der Waals surface area contributed by atoms with Gasteiger partial charge in [-0.15, -0.1) is 5.10 Å². The molecule has 126 valence electrons. The lowest BCUT2D eigenvalue weighted by Gasteiger charge is -2.10. The normalized spacial score (nSPS) is 11.1. The highest BCUT2D eigenvalue weighted by atomic mass is 19.4. The maximum atomic E-state index is 12.9. The van der Waals surface area contributed by atoms with Crippen molar-refractivity contribution in [1.82, 2.24) is 20.0 Å². The molecule has 2 heterocycles. The molecule has 0 aliphatic carbocycles. The van der Waals surface area contributed by atoms with Crippen LogP contribution in [0, 0.1) is 11.3 Å². The van der Waals surface area contributed by atoms with E-state index < -0.39 is 17.8 Å². The number of halogens is 3. The molecule has 3 aromatic rings. The first-order valence-corrected chi connectivity index (χ1v) is 6.86. The standard InChI is InChI=1S/C15H9F3N6O/c16-15(17,18)13-8-21-23-24(13)11-3-1-10(2-4-11)22-14(25)12-5-9(6-19)7-20-12/h1-5,7-8,20H,(H,22,25). The minimum Gasteiger partial charge on any atom is -0.356 e. The summed E-state index contributed by atoms with van der Waals surface area (Å²) in [5.41, 5.74) is 0.0207. The average Bonchev–Trinajstić information content (AvgIpc) is 3.24. The van der Waals surface area contributed by atoms with Crippen LogP contribution < -0.4 is 5.32 Å². The Morgan fingerprint density at radius 3 is 2.60 bits per heavy atom. The Kier molecular flexibility index (Phi) is 3.98. The van der Waals surface area contributed by atoms with Gasteiger partial charge in [0.05, 0.1) is 17.4 Å². The molecule has 0 aliphatic rings. The van der Waals surface area contributed by atoms with Crippen molar-refractivity contribution in [3.8, 4) is 11.8 Å². The van der Waals surface area contributed by atoms with Crippen molar-refractivity contribution in [2.75, 3.05) is 5.32 Å². The van der Waals surface area contributed by atoms with Crippen molar-refractivity contribution in [3.05, 3.63) is 59.7 Å². The number of nitriles is 1. The Bertz CT molecular complexity index is 949. The van der Waals surface area contributed by atoms with E-state index in [1.807, 2.05) is 6.07 Å². The van der Waals surface area contributed by atoms with Crippen molar-refractivity contribution < 1.29 is 18.0 Å². The third kappa shape index (κ3) is 3.35. The molecule has 0 saturated carbocycles. The smallest absolute Gasteiger partial charge is 0.356 e. The molecule has 0 atom stereocenters. The molecule has 1 amide bonds. The van der Waals surface area contributed by atoms with E-state index in [2.05, 4.69) is 20.6 Å². The molecule has 0 aliphatic heterocycles. The Morgan fingerprint density at radius 2 is 2.00 bits per heavy atom. The zero-order valence-corrected chi connectivity index (χ0v) is 12.4. The second-order valence-electron chi connectivity index (χ2n) is 4.94. The third-order valence-electron chi connectivity index (χ3n) is 3.27. The molecular formula is C15H9F3N6O. The molecule has 0 saturated heterocycles. The maximum Gasteiger partial charge on any atom is 0.435 e. The molecule has 1 aromatic carbocycles. The maximum absolute atomic E-state index is 12.9. The highest BCUT2D eigenvalue weighted by molar-refractivity contribution is 6.03. The van der Waals surface area contributed by atoms with Crippen LogP contribution >= 0.6 is 0 Å². The fourth-order valence-corrected chi connectivity index (χ4v) is 2.09. The number of carbonyl (C=O) groups excluding carboxylic acids is 1. The number of nitrogens with zero attached hydrogens (tertiary/aromatic N) is 4. The van der Waals surface area contributed by atoms with Gasteiger partial charge in [0.15, 0.2) is 5.69 Å². The predicted octanol–water partition coefficient (Wildman–Crippen LogP) is 2.74. The van der Waals surface area contributed by atoms with Gasteiger partial charge in [-0.2, -0.15) is 18.4 Å². The van der Waals surface area contributed by atoms with Gasteiger partial charge >= 0.3 is 6.18 Å². The minimum atomic E-state index is -4.58. The van der Waals surface area contributed by atoms with Gasteiger partial charge in [0.1, 0.15) is 11.8 Å². The Labute approximate surface area is 138 Å². The van der Waals surface area contributed by atoms with Crippen LogP contribution in [0.1, 0.15) is 21.7 Å². The lowest BCUT2D eigenvalue weighted by Crippen LogP contribution is -2.14. The molecule has 10 heteroatoms. The molecule has 0 bridgehead atoms. The molecule has 0 unspecified atom stereocenters. The third-order valence-corrected chi connectivity index (χ3v) is 3.27. The van der Waals surface area contributed by atoms with Crippen molar-refractivity contribution in [3.63, 3.8) is 0 Å². The number of aromatic amines is 1. The fourth-order valence-electron chi connectivity index (χ4n) is 2.09. The molecule has 2 N–H and O–H groups in total. The molecule has 0 spiro atoms.